The summed E-state index contributed by atoms with van der Waals surface area (Å²) in [5.74, 6) is 0. The van der Waals surface area contributed by atoms with Crippen molar-refractivity contribution in [2.75, 3.05) is 4.98 Å². The van der Waals surface area contributed by atoms with Gasteiger partial charge in [-0.1, -0.05) is 48.0 Å². The summed E-state index contributed by atoms with van der Waals surface area (Å²) < 4.78 is 0. The number of rotatable bonds is 3. The van der Waals surface area contributed by atoms with Gasteiger partial charge in [0, 0.05) is 5.69 Å². The summed E-state index contributed by atoms with van der Waals surface area (Å²) in [6, 6.07) is 18.9. The first kappa shape index (κ1) is 9.99. The molecule has 0 aromatic heterocycles. The summed E-state index contributed by atoms with van der Waals surface area (Å²) in [6.07, 6.45) is 0. The summed E-state index contributed by atoms with van der Waals surface area (Å²) in [5.41, 5.74) is 2.48. The average molecular weight is 211 g/mol. The van der Waals surface area contributed by atoms with Gasteiger partial charge in [-0.2, -0.15) is 0 Å². The van der Waals surface area contributed by atoms with Crippen LogP contribution in [0.1, 0.15) is 5.56 Å². The van der Waals surface area contributed by atoms with Crippen molar-refractivity contribution in [2.45, 2.75) is 6.92 Å². The molecule has 0 atom stereocenters. The third-order valence-electron chi connectivity index (χ3n) is 2.18. The molecule has 1 N–H and O–H groups in total. The first-order chi connectivity index (χ1) is 7.34. The normalized spacial score (nSPS) is 9.93. The van der Waals surface area contributed by atoms with Crippen LogP contribution >= 0.6 is 0 Å². The molecular weight excluding hydrogens is 198 g/mol. The van der Waals surface area contributed by atoms with Gasteiger partial charge in [0.2, 0.25) is 9.68 Å². The van der Waals surface area contributed by atoms with E-state index in [9.17, 15) is 0 Å². The zero-order chi connectivity index (χ0) is 10.5. The number of hydrogen-bond donors (Lipinski definition) is 1. The lowest BCUT2D eigenvalue weighted by Gasteiger charge is -2.04. The van der Waals surface area contributed by atoms with Crippen molar-refractivity contribution in [3.8, 4) is 0 Å². The number of hydrogen-bond acceptors (Lipinski definition) is 1. The predicted octanol–water partition coefficient (Wildman–Crippen LogP) is 2.35. The first-order valence-corrected chi connectivity index (χ1v) is 5.98. The van der Waals surface area contributed by atoms with Crippen LogP contribution in [0.2, 0.25) is 0 Å². The number of benzene rings is 2. The van der Waals surface area contributed by atoms with E-state index in [1.54, 1.807) is 0 Å². The van der Waals surface area contributed by atoms with Crippen molar-refractivity contribution in [3.63, 3.8) is 0 Å². The Bertz CT molecular complexity index is 408. The SMILES string of the molecule is Cc1ccc(N[Si]c2ccccc2)cc1. The Hall–Kier alpha value is -1.54. The molecule has 0 fully saturated rings. The summed E-state index contributed by atoms with van der Waals surface area (Å²) in [4.78, 5) is 3.42. The topological polar surface area (TPSA) is 12.0 Å². The van der Waals surface area contributed by atoms with Crippen LogP contribution in [0.25, 0.3) is 0 Å². The molecule has 0 heterocycles. The zero-order valence-corrected chi connectivity index (χ0v) is 9.70. The molecule has 2 aromatic carbocycles. The molecule has 0 saturated heterocycles. The number of nitrogens with one attached hydrogen (secondary N) is 1. The maximum Gasteiger partial charge on any atom is 0.218 e. The van der Waals surface area contributed by atoms with Gasteiger partial charge in [0.25, 0.3) is 0 Å². The molecule has 2 heteroatoms. The van der Waals surface area contributed by atoms with E-state index in [4.69, 9.17) is 0 Å². The van der Waals surface area contributed by atoms with Crippen LogP contribution in [-0.4, -0.2) is 9.68 Å². The van der Waals surface area contributed by atoms with E-state index >= 15 is 0 Å². The molecule has 2 rings (SSSR count). The first-order valence-electron chi connectivity index (χ1n) is 4.98. The van der Waals surface area contributed by atoms with Gasteiger partial charge in [-0.3, -0.25) is 0 Å². The van der Waals surface area contributed by atoms with E-state index in [0.29, 0.717) is 9.68 Å². The van der Waals surface area contributed by atoms with Crippen molar-refractivity contribution in [3.05, 3.63) is 60.2 Å². The van der Waals surface area contributed by atoms with Crippen molar-refractivity contribution in [1.29, 1.82) is 0 Å². The van der Waals surface area contributed by atoms with E-state index < -0.39 is 0 Å². The van der Waals surface area contributed by atoms with Crippen LogP contribution in [0.3, 0.4) is 0 Å². The summed E-state index contributed by atoms with van der Waals surface area (Å²) in [7, 11) is 0.629. The van der Waals surface area contributed by atoms with Crippen LogP contribution in [0.5, 0.6) is 0 Å². The second-order valence-corrected chi connectivity index (χ2v) is 4.56. The lowest BCUT2D eigenvalue weighted by molar-refractivity contribution is 1.47. The highest BCUT2D eigenvalue weighted by atomic mass is 28.2. The lowest BCUT2D eigenvalue weighted by Crippen LogP contribution is -2.21. The van der Waals surface area contributed by atoms with E-state index in [2.05, 4.69) is 60.4 Å². The van der Waals surface area contributed by atoms with E-state index in [0.717, 1.165) is 0 Å². The van der Waals surface area contributed by atoms with Gasteiger partial charge in [-0.05, 0) is 24.2 Å². The predicted molar refractivity (Wildman–Crippen MR) is 66.6 cm³/mol. The van der Waals surface area contributed by atoms with Gasteiger partial charge in [-0.15, -0.1) is 0 Å². The number of anilines is 1. The molecule has 74 valence electrons. The molecule has 0 aliphatic carbocycles. The fraction of sp³-hybridized carbons (Fsp3) is 0.0769. The monoisotopic (exact) mass is 211 g/mol. The zero-order valence-electron chi connectivity index (χ0n) is 8.70. The minimum atomic E-state index is 0.629. The number of aryl methyl sites for hydroxylation is 1. The lowest BCUT2D eigenvalue weighted by atomic mass is 10.2. The van der Waals surface area contributed by atoms with Crippen molar-refractivity contribution in [2.24, 2.45) is 0 Å². The molecular formula is C13H13NSi. The highest BCUT2D eigenvalue weighted by Crippen LogP contribution is 2.07. The van der Waals surface area contributed by atoms with Crippen molar-refractivity contribution >= 4 is 20.6 Å². The fourth-order valence-corrected chi connectivity index (χ4v) is 2.12. The van der Waals surface area contributed by atoms with E-state index in [1.807, 2.05) is 6.07 Å². The second kappa shape index (κ2) is 4.80. The summed E-state index contributed by atoms with van der Waals surface area (Å²) in [5, 5.41) is 1.33. The minimum Gasteiger partial charge on any atom is -0.408 e. The Morgan fingerprint density at radius 1 is 0.867 bits per heavy atom. The summed E-state index contributed by atoms with van der Waals surface area (Å²) in [6.45, 7) is 2.10. The molecule has 0 aliphatic rings. The molecule has 0 bridgehead atoms. The maximum absolute atomic E-state index is 3.42. The van der Waals surface area contributed by atoms with Gasteiger partial charge in [-0.25, -0.2) is 0 Å². The van der Waals surface area contributed by atoms with Gasteiger partial charge in [0.05, 0.1) is 0 Å². The Kier molecular flexibility index (Phi) is 3.20. The van der Waals surface area contributed by atoms with Gasteiger partial charge >= 0.3 is 0 Å². The van der Waals surface area contributed by atoms with E-state index in [-0.39, 0.29) is 0 Å². The standard InChI is InChI=1S/C13H13NSi/c1-11-7-9-12(10-8-11)14-15-13-5-3-2-4-6-13/h2-10,14H,1H3. The third kappa shape index (κ3) is 2.96. The molecule has 0 amide bonds. The van der Waals surface area contributed by atoms with Crippen LogP contribution in [0.15, 0.2) is 54.6 Å². The van der Waals surface area contributed by atoms with Gasteiger partial charge < -0.3 is 4.98 Å². The molecule has 1 nitrogen and oxygen atoms in total. The summed E-state index contributed by atoms with van der Waals surface area (Å²) >= 11 is 0. The Labute approximate surface area is 93.1 Å². The van der Waals surface area contributed by atoms with Crippen molar-refractivity contribution in [1.82, 2.24) is 0 Å². The third-order valence-corrected chi connectivity index (χ3v) is 3.21. The maximum atomic E-state index is 3.42. The highest BCUT2D eigenvalue weighted by Gasteiger charge is 1.94. The fourth-order valence-electron chi connectivity index (χ4n) is 1.30. The Morgan fingerprint density at radius 3 is 2.20 bits per heavy atom. The van der Waals surface area contributed by atoms with Crippen LogP contribution < -0.4 is 10.2 Å². The van der Waals surface area contributed by atoms with E-state index in [1.165, 1.54) is 16.4 Å². The van der Waals surface area contributed by atoms with Crippen molar-refractivity contribution < 1.29 is 0 Å². The largest absolute Gasteiger partial charge is 0.408 e. The van der Waals surface area contributed by atoms with Crippen LogP contribution in [-0.2, 0) is 0 Å². The van der Waals surface area contributed by atoms with Gasteiger partial charge in [0.15, 0.2) is 0 Å². The Morgan fingerprint density at radius 2 is 1.53 bits per heavy atom. The average Bonchev–Trinajstić information content (AvgIpc) is 2.30. The van der Waals surface area contributed by atoms with Gasteiger partial charge in [0.1, 0.15) is 0 Å². The molecule has 0 unspecified atom stereocenters. The molecule has 0 saturated carbocycles. The molecule has 15 heavy (non-hydrogen) atoms. The minimum absolute atomic E-state index is 0.629. The smallest absolute Gasteiger partial charge is 0.218 e. The quantitative estimate of drug-likeness (QED) is 0.769. The highest BCUT2D eigenvalue weighted by molar-refractivity contribution is 6.56. The molecule has 0 spiro atoms. The Balaban J connectivity index is 1.96. The molecule has 0 aliphatic heterocycles. The van der Waals surface area contributed by atoms with Crippen LogP contribution in [0, 0.1) is 6.92 Å². The molecule has 2 aromatic rings. The van der Waals surface area contributed by atoms with Crippen LogP contribution in [0.4, 0.5) is 5.69 Å². The molecule has 2 radical (unpaired) electrons. The second-order valence-electron chi connectivity index (χ2n) is 3.48.